The summed E-state index contributed by atoms with van der Waals surface area (Å²) in [5.41, 5.74) is 5.76. The molecule has 1 fully saturated rings. The lowest BCUT2D eigenvalue weighted by Gasteiger charge is -2.14. The van der Waals surface area contributed by atoms with Gasteiger partial charge in [-0.3, -0.25) is 4.79 Å². The van der Waals surface area contributed by atoms with E-state index in [1.807, 2.05) is 0 Å². The first kappa shape index (κ1) is 10.9. The standard InChI is InChI=1S/C12H15FN2O/c1-7(8-2-3-8)15-9-4-5-11(13)10(6-9)12(14)16/h4-8,15H,2-3H2,1H3,(H2,14,16). The van der Waals surface area contributed by atoms with Crippen LogP contribution in [0.25, 0.3) is 0 Å². The molecule has 0 saturated heterocycles. The van der Waals surface area contributed by atoms with Crippen molar-refractivity contribution in [2.75, 3.05) is 5.32 Å². The molecule has 1 atom stereocenters. The van der Waals surface area contributed by atoms with Crippen molar-refractivity contribution >= 4 is 11.6 Å². The van der Waals surface area contributed by atoms with Crippen LogP contribution < -0.4 is 11.1 Å². The molecule has 0 heterocycles. The Bertz CT molecular complexity index is 415. The second kappa shape index (κ2) is 4.12. The van der Waals surface area contributed by atoms with Crippen molar-refractivity contribution in [2.45, 2.75) is 25.8 Å². The van der Waals surface area contributed by atoms with Crippen LogP contribution in [0.3, 0.4) is 0 Å². The lowest BCUT2D eigenvalue weighted by atomic mass is 10.1. The molecule has 1 unspecified atom stereocenters. The van der Waals surface area contributed by atoms with Crippen molar-refractivity contribution < 1.29 is 9.18 Å². The van der Waals surface area contributed by atoms with Gasteiger partial charge in [0.1, 0.15) is 5.82 Å². The van der Waals surface area contributed by atoms with E-state index in [9.17, 15) is 9.18 Å². The number of hydrogen-bond donors (Lipinski definition) is 2. The number of rotatable bonds is 4. The highest BCUT2D eigenvalue weighted by atomic mass is 19.1. The second-order valence-electron chi connectivity index (χ2n) is 4.33. The molecule has 1 aromatic carbocycles. The van der Waals surface area contributed by atoms with E-state index in [1.165, 1.54) is 25.0 Å². The normalized spacial score (nSPS) is 16.9. The zero-order valence-corrected chi connectivity index (χ0v) is 9.16. The van der Waals surface area contributed by atoms with Crippen LogP contribution in [0.15, 0.2) is 18.2 Å². The van der Waals surface area contributed by atoms with Crippen LogP contribution >= 0.6 is 0 Å². The Kier molecular flexibility index (Phi) is 2.81. The van der Waals surface area contributed by atoms with Crippen molar-refractivity contribution in [1.82, 2.24) is 0 Å². The fourth-order valence-electron chi connectivity index (χ4n) is 1.78. The van der Waals surface area contributed by atoms with Crippen LogP contribution in [0.5, 0.6) is 0 Å². The summed E-state index contributed by atoms with van der Waals surface area (Å²) in [5.74, 6) is -0.612. The first-order valence-corrected chi connectivity index (χ1v) is 5.44. The minimum Gasteiger partial charge on any atom is -0.382 e. The fraction of sp³-hybridized carbons (Fsp3) is 0.417. The Morgan fingerprint density at radius 2 is 2.25 bits per heavy atom. The molecule has 3 N–H and O–H groups in total. The number of hydrogen-bond acceptors (Lipinski definition) is 2. The van der Waals surface area contributed by atoms with Crippen molar-refractivity contribution in [1.29, 1.82) is 0 Å². The third-order valence-corrected chi connectivity index (χ3v) is 2.96. The maximum Gasteiger partial charge on any atom is 0.251 e. The number of amides is 1. The van der Waals surface area contributed by atoms with Gasteiger partial charge in [-0.15, -0.1) is 0 Å². The van der Waals surface area contributed by atoms with Crippen LogP contribution in [-0.4, -0.2) is 11.9 Å². The van der Waals surface area contributed by atoms with Crippen LogP contribution in [0, 0.1) is 11.7 Å². The van der Waals surface area contributed by atoms with Gasteiger partial charge in [-0.2, -0.15) is 0 Å². The van der Waals surface area contributed by atoms with E-state index in [4.69, 9.17) is 5.73 Å². The predicted octanol–water partition coefficient (Wildman–Crippen LogP) is 2.13. The van der Waals surface area contributed by atoms with E-state index in [2.05, 4.69) is 12.2 Å². The molecule has 86 valence electrons. The number of nitrogens with two attached hydrogens (primary N) is 1. The highest BCUT2D eigenvalue weighted by Gasteiger charge is 2.27. The Labute approximate surface area is 93.8 Å². The molecule has 3 nitrogen and oxygen atoms in total. The fourth-order valence-corrected chi connectivity index (χ4v) is 1.78. The van der Waals surface area contributed by atoms with Crippen molar-refractivity contribution in [3.05, 3.63) is 29.6 Å². The largest absolute Gasteiger partial charge is 0.382 e. The average Bonchev–Trinajstić information content (AvgIpc) is 3.03. The summed E-state index contributed by atoms with van der Waals surface area (Å²) in [5, 5.41) is 3.25. The van der Waals surface area contributed by atoms with Gasteiger partial charge in [0.25, 0.3) is 5.91 Å². The number of carbonyl (C=O) groups is 1. The van der Waals surface area contributed by atoms with Crippen LogP contribution in [0.2, 0.25) is 0 Å². The molecule has 1 aliphatic carbocycles. The van der Waals surface area contributed by atoms with E-state index in [1.54, 1.807) is 6.07 Å². The first-order chi connectivity index (χ1) is 7.58. The van der Waals surface area contributed by atoms with Gasteiger partial charge in [0.2, 0.25) is 0 Å². The molecule has 16 heavy (non-hydrogen) atoms. The summed E-state index contributed by atoms with van der Waals surface area (Å²) in [6, 6.07) is 4.71. The highest BCUT2D eigenvalue weighted by Crippen LogP contribution is 2.34. The van der Waals surface area contributed by atoms with Gasteiger partial charge in [-0.05, 0) is 43.9 Å². The Balaban J connectivity index is 2.15. The number of nitrogens with one attached hydrogen (secondary N) is 1. The molecule has 4 heteroatoms. The Morgan fingerprint density at radius 1 is 1.56 bits per heavy atom. The van der Waals surface area contributed by atoms with Crippen LogP contribution in [0.4, 0.5) is 10.1 Å². The summed E-state index contributed by atoms with van der Waals surface area (Å²) < 4.78 is 13.2. The van der Waals surface area contributed by atoms with Gasteiger partial charge < -0.3 is 11.1 Å². The molecule has 2 rings (SSSR count). The molecular formula is C12H15FN2O. The van der Waals surface area contributed by atoms with E-state index < -0.39 is 11.7 Å². The number of anilines is 1. The molecule has 1 amide bonds. The molecule has 0 spiro atoms. The predicted molar refractivity (Wildman–Crippen MR) is 60.7 cm³/mol. The molecule has 1 aromatic rings. The molecule has 0 radical (unpaired) electrons. The zero-order valence-electron chi connectivity index (χ0n) is 9.16. The summed E-state index contributed by atoms with van der Waals surface area (Å²) in [6.45, 7) is 2.09. The molecule has 1 saturated carbocycles. The van der Waals surface area contributed by atoms with Crippen molar-refractivity contribution in [2.24, 2.45) is 11.7 Å². The van der Waals surface area contributed by atoms with E-state index in [-0.39, 0.29) is 5.56 Å². The van der Waals surface area contributed by atoms with Gasteiger partial charge in [-0.1, -0.05) is 0 Å². The Morgan fingerprint density at radius 3 is 2.81 bits per heavy atom. The minimum absolute atomic E-state index is 0.0620. The Hall–Kier alpha value is -1.58. The van der Waals surface area contributed by atoms with Gasteiger partial charge in [0.15, 0.2) is 0 Å². The van der Waals surface area contributed by atoms with Gasteiger partial charge in [0, 0.05) is 11.7 Å². The quantitative estimate of drug-likeness (QED) is 0.820. The third kappa shape index (κ3) is 2.32. The summed E-state index contributed by atoms with van der Waals surface area (Å²) in [4.78, 5) is 11.0. The van der Waals surface area contributed by atoms with Crippen molar-refractivity contribution in [3.63, 3.8) is 0 Å². The summed E-state index contributed by atoms with van der Waals surface area (Å²) >= 11 is 0. The lowest BCUT2D eigenvalue weighted by molar-refractivity contribution is 0.0996. The number of primary amides is 1. The van der Waals surface area contributed by atoms with Crippen LogP contribution in [0.1, 0.15) is 30.1 Å². The second-order valence-corrected chi connectivity index (χ2v) is 4.33. The van der Waals surface area contributed by atoms with Crippen molar-refractivity contribution in [3.8, 4) is 0 Å². The average molecular weight is 222 g/mol. The van der Waals surface area contributed by atoms with Gasteiger partial charge >= 0.3 is 0 Å². The van der Waals surface area contributed by atoms with Gasteiger partial charge in [-0.25, -0.2) is 4.39 Å². The number of carbonyl (C=O) groups excluding carboxylic acids is 1. The topological polar surface area (TPSA) is 55.1 Å². The summed E-state index contributed by atoms with van der Waals surface area (Å²) in [7, 11) is 0. The highest BCUT2D eigenvalue weighted by molar-refractivity contribution is 5.94. The summed E-state index contributed by atoms with van der Waals surface area (Å²) in [6.07, 6.45) is 2.47. The minimum atomic E-state index is -0.736. The molecule has 0 aromatic heterocycles. The van der Waals surface area contributed by atoms with Gasteiger partial charge in [0.05, 0.1) is 5.56 Å². The van der Waals surface area contributed by atoms with Crippen LogP contribution in [-0.2, 0) is 0 Å². The maximum atomic E-state index is 13.2. The first-order valence-electron chi connectivity index (χ1n) is 5.44. The van der Waals surface area contributed by atoms with E-state index in [0.717, 1.165) is 5.69 Å². The molecule has 0 aliphatic heterocycles. The lowest BCUT2D eigenvalue weighted by Crippen LogP contribution is -2.18. The SMILES string of the molecule is CC(Nc1ccc(F)c(C(N)=O)c1)C1CC1. The monoisotopic (exact) mass is 222 g/mol. The molecular weight excluding hydrogens is 207 g/mol. The van der Waals surface area contributed by atoms with E-state index >= 15 is 0 Å². The molecule has 0 bridgehead atoms. The van der Waals surface area contributed by atoms with E-state index in [0.29, 0.717) is 12.0 Å². The smallest absolute Gasteiger partial charge is 0.251 e. The third-order valence-electron chi connectivity index (χ3n) is 2.96. The molecule has 1 aliphatic rings. The maximum absolute atomic E-state index is 13.2. The number of benzene rings is 1. The zero-order chi connectivity index (χ0) is 11.7. The number of halogens is 1.